The molecule has 2 aromatic carbocycles. The Morgan fingerprint density at radius 2 is 1.68 bits per heavy atom. The lowest BCUT2D eigenvalue weighted by Gasteiger charge is -2.13. The average molecular weight is 311 g/mol. The van der Waals surface area contributed by atoms with Crippen molar-refractivity contribution in [1.82, 2.24) is 0 Å². The van der Waals surface area contributed by atoms with E-state index < -0.39 is 0 Å². The molecular formula is C14H12Cl2N2S. The van der Waals surface area contributed by atoms with Gasteiger partial charge in [-0.25, -0.2) is 0 Å². The van der Waals surface area contributed by atoms with Crippen LogP contribution in [0.5, 0.6) is 0 Å². The zero-order valence-corrected chi connectivity index (χ0v) is 12.5. The van der Waals surface area contributed by atoms with Crippen molar-refractivity contribution >= 4 is 51.9 Å². The van der Waals surface area contributed by atoms with Gasteiger partial charge in [0, 0.05) is 10.7 Å². The Morgan fingerprint density at radius 1 is 1.00 bits per heavy atom. The number of anilines is 2. The molecule has 0 aliphatic carbocycles. The quantitative estimate of drug-likeness (QED) is 0.754. The van der Waals surface area contributed by atoms with Crippen molar-refractivity contribution in [3.63, 3.8) is 0 Å². The van der Waals surface area contributed by atoms with Crippen molar-refractivity contribution in [2.45, 2.75) is 6.92 Å². The van der Waals surface area contributed by atoms with Crippen LogP contribution in [-0.2, 0) is 0 Å². The van der Waals surface area contributed by atoms with Gasteiger partial charge in [-0.15, -0.1) is 0 Å². The van der Waals surface area contributed by atoms with Gasteiger partial charge in [-0.1, -0.05) is 41.4 Å². The molecule has 2 rings (SSSR count). The number of hydrogen-bond donors (Lipinski definition) is 2. The summed E-state index contributed by atoms with van der Waals surface area (Å²) in [5.41, 5.74) is 2.80. The molecule has 0 fully saturated rings. The highest BCUT2D eigenvalue weighted by molar-refractivity contribution is 7.80. The van der Waals surface area contributed by atoms with Crippen LogP contribution < -0.4 is 10.6 Å². The molecule has 2 nitrogen and oxygen atoms in total. The lowest BCUT2D eigenvalue weighted by Crippen LogP contribution is -2.19. The SMILES string of the molecule is Cc1ccccc1NC(=S)Nc1ccc(Cl)cc1Cl. The normalized spacial score (nSPS) is 10.1. The Bertz CT molecular complexity index is 614. The molecule has 0 radical (unpaired) electrons. The summed E-state index contributed by atoms with van der Waals surface area (Å²) in [6, 6.07) is 13.1. The second-order valence-corrected chi connectivity index (χ2v) is 5.27. The van der Waals surface area contributed by atoms with Crippen molar-refractivity contribution < 1.29 is 0 Å². The van der Waals surface area contributed by atoms with E-state index in [0.29, 0.717) is 15.2 Å². The smallest absolute Gasteiger partial charge is 0.175 e. The van der Waals surface area contributed by atoms with Gasteiger partial charge in [0.1, 0.15) is 0 Å². The third-order valence-electron chi connectivity index (χ3n) is 2.57. The second kappa shape index (κ2) is 6.24. The van der Waals surface area contributed by atoms with Gasteiger partial charge in [0.2, 0.25) is 0 Å². The van der Waals surface area contributed by atoms with Crippen LogP contribution in [0.1, 0.15) is 5.56 Å². The third-order valence-corrected chi connectivity index (χ3v) is 3.32. The molecule has 98 valence electrons. The first kappa shape index (κ1) is 14.1. The third kappa shape index (κ3) is 3.83. The minimum atomic E-state index is 0.485. The standard InChI is InChI=1S/C14H12Cl2N2S/c1-9-4-2-3-5-12(9)17-14(19)18-13-7-6-10(15)8-11(13)16/h2-8H,1H3,(H2,17,18,19). The molecule has 0 aromatic heterocycles. The lowest BCUT2D eigenvalue weighted by molar-refractivity contribution is 1.45. The molecule has 0 amide bonds. The molecule has 0 spiro atoms. The number of thiocarbonyl (C=S) groups is 1. The molecule has 5 heteroatoms. The molecule has 0 atom stereocenters. The molecule has 19 heavy (non-hydrogen) atoms. The monoisotopic (exact) mass is 310 g/mol. The predicted molar refractivity (Wildman–Crippen MR) is 87.5 cm³/mol. The van der Waals surface area contributed by atoms with Crippen molar-refractivity contribution in [1.29, 1.82) is 0 Å². The van der Waals surface area contributed by atoms with E-state index in [0.717, 1.165) is 16.9 Å². The molecule has 0 unspecified atom stereocenters. The Labute approximate surface area is 127 Å². The second-order valence-electron chi connectivity index (χ2n) is 4.02. The van der Waals surface area contributed by atoms with E-state index in [2.05, 4.69) is 10.6 Å². The first-order chi connectivity index (χ1) is 9.06. The highest BCUT2D eigenvalue weighted by Gasteiger charge is 2.04. The van der Waals surface area contributed by atoms with Gasteiger partial charge in [-0.3, -0.25) is 0 Å². The highest BCUT2D eigenvalue weighted by Crippen LogP contribution is 2.25. The molecule has 0 aliphatic rings. The maximum absolute atomic E-state index is 6.07. The van der Waals surface area contributed by atoms with Crippen LogP contribution in [0.2, 0.25) is 10.0 Å². The van der Waals surface area contributed by atoms with Crippen LogP contribution in [0.25, 0.3) is 0 Å². The summed E-state index contributed by atoms with van der Waals surface area (Å²) in [6.07, 6.45) is 0. The molecule has 0 saturated heterocycles. The van der Waals surface area contributed by atoms with Crippen LogP contribution in [0.4, 0.5) is 11.4 Å². The Kier molecular flexibility index (Phi) is 4.64. The van der Waals surface area contributed by atoms with Crippen LogP contribution in [0.15, 0.2) is 42.5 Å². The number of hydrogen-bond acceptors (Lipinski definition) is 1. The summed E-state index contributed by atoms with van der Waals surface area (Å²) in [4.78, 5) is 0. The van der Waals surface area contributed by atoms with Gasteiger partial charge in [0.05, 0.1) is 10.7 Å². The number of halogens is 2. The van der Waals surface area contributed by atoms with Crippen LogP contribution in [0.3, 0.4) is 0 Å². The van der Waals surface area contributed by atoms with E-state index in [1.54, 1.807) is 18.2 Å². The summed E-state index contributed by atoms with van der Waals surface area (Å²) in [5.74, 6) is 0. The number of benzene rings is 2. The van der Waals surface area contributed by atoms with Crippen molar-refractivity contribution in [2.75, 3.05) is 10.6 Å². The molecule has 2 N–H and O–H groups in total. The minimum absolute atomic E-state index is 0.485. The molecule has 0 heterocycles. The van der Waals surface area contributed by atoms with Crippen molar-refractivity contribution in [3.8, 4) is 0 Å². The summed E-state index contributed by atoms with van der Waals surface area (Å²) >= 11 is 17.2. The van der Waals surface area contributed by atoms with Gasteiger partial charge in [-0.2, -0.15) is 0 Å². The van der Waals surface area contributed by atoms with Gasteiger partial charge in [0.15, 0.2) is 5.11 Å². The van der Waals surface area contributed by atoms with E-state index >= 15 is 0 Å². The van der Waals surface area contributed by atoms with E-state index in [9.17, 15) is 0 Å². The fourth-order valence-corrected chi connectivity index (χ4v) is 2.26. The summed E-state index contributed by atoms with van der Waals surface area (Å²) in [7, 11) is 0. The van der Waals surface area contributed by atoms with E-state index in [1.165, 1.54) is 0 Å². The van der Waals surface area contributed by atoms with Crippen LogP contribution in [-0.4, -0.2) is 5.11 Å². The number of rotatable bonds is 2. The maximum atomic E-state index is 6.07. The molecular weight excluding hydrogens is 299 g/mol. The Morgan fingerprint density at radius 3 is 2.37 bits per heavy atom. The zero-order valence-electron chi connectivity index (χ0n) is 10.2. The molecule has 2 aromatic rings. The number of aryl methyl sites for hydroxylation is 1. The largest absolute Gasteiger partial charge is 0.332 e. The number of para-hydroxylation sites is 1. The van der Waals surface area contributed by atoms with Gasteiger partial charge in [0.25, 0.3) is 0 Å². The Hall–Kier alpha value is -1.29. The Balaban J connectivity index is 2.08. The summed E-state index contributed by atoms with van der Waals surface area (Å²) in [5, 5.41) is 7.78. The molecule has 0 saturated carbocycles. The van der Waals surface area contributed by atoms with Crippen molar-refractivity contribution in [2.24, 2.45) is 0 Å². The molecule has 0 aliphatic heterocycles. The molecule has 0 bridgehead atoms. The fourth-order valence-electron chi connectivity index (χ4n) is 1.58. The average Bonchev–Trinajstić information content (AvgIpc) is 2.36. The van der Waals surface area contributed by atoms with Crippen LogP contribution in [0, 0.1) is 6.92 Å². The summed E-state index contributed by atoms with van der Waals surface area (Å²) < 4.78 is 0. The van der Waals surface area contributed by atoms with Crippen LogP contribution >= 0.6 is 35.4 Å². The lowest BCUT2D eigenvalue weighted by atomic mass is 10.2. The van der Waals surface area contributed by atoms with Gasteiger partial charge >= 0.3 is 0 Å². The van der Waals surface area contributed by atoms with E-state index in [1.807, 2.05) is 31.2 Å². The van der Waals surface area contributed by atoms with Gasteiger partial charge < -0.3 is 10.6 Å². The fraction of sp³-hybridized carbons (Fsp3) is 0.0714. The first-order valence-electron chi connectivity index (χ1n) is 5.65. The minimum Gasteiger partial charge on any atom is -0.332 e. The topological polar surface area (TPSA) is 24.1 Å². The highest BCUT2D eigenvalue weighted by atomic mass is 35.5. The van der Waals surface area contributed by atoms with E-state index in [-0.39, 0.29) is 0 Å². The summed E-state index contributed by atoms with van der Waals surface area (Å²) in [6.45, 7) is 2.01. The zero-order chi connectivity index (χ0) is 13.8. The maximum Gasteiger partial charge on any atom is 0.175 e. The first-order valence-corrected chi connectivity index (χ1v) is 6.81. The van der Waals surface area contributed by atoms with Crippen molar-refractivity contribution in [3.05, 3.63) is 58.1 Å². The van der Waals surface area contributed by atoms with E-state index in [4.69, 9.17) is 35.4 Å². The van der Waals surface area contributed by atoms with Gasteiger partial charge in [-0.05, 0) is 49.0 Å². The predicted octanol–water partition coefficient (Wildman–Crippen LogP) is 5.11. The number of nitrogens with one attached hydrogen (secondary N) is 2.